The van der Waals surface area contributed by atoms with Crippen LogP contribution in [0.25, 0.3) is 22.0 Å². The van der Waals surface area contributed by atoms with Crippen LogP contribution in [0, 0.1) is 20.8 Å². The van der Waals surface area contributed by atoms with Gasteiger partial charge in [0, 0.05) is 13.0 Å². The van der Waals surface area contributed by atoms with Crippen molar-refractivity contribution in [1.29, 1.82) is 0 Å². The van der Waals surface area contributed by atoms with Gasteiger partial charge in [0.05, 0.1) is 19.0 Å². The molecule has 2 heteroatoms. The molecule has 1 nitrogen and oxygen atoms in total. The van der Waals surface area contributed by atoms with Crippen molar-refractivity contribution in [2.75, 3.05) is 0 Å². The summed E-state index contributed by atoms with van der Waals surface area (Å²) in [5, 5.41) is 4.24. The van der Waals surface area contributed by atoms with Crippen LogP contribution in [-0.4, -0.2) is 8.07 Å². The molecule has 0 fully saturated rings. The minimum atomic E-state index is -1.34. The maximum atomic E-state index is 2.44. The summed E-state index contributed by atoms with van der Waals surface area (Å²) >= 11 is 0. The molecule has 28 heavy (non-hydrogen) atoms. The molecule has 0 spiro atoms. The minimum absolute atomic E-state index is 0.135. The fourth-order valence-electron chi connectivity index (χ4n) is 3.91. The van der Waals surface area contributed by atoms with E-state index in [4.69, 9.17) is 0 Å². The Morgan fingerprint density at radius 2 is 1.50 bits per heavy atom. The van der Waals surface area contributed by atoms with Gasteiger partial charge in [0.15, 0.2) is 5.69 Å². The molecule has 0 amide bonds. The van der Waals surface area contributed by atoms with E-state index in [0.29, 0.717) is 0 Å². The maximum absolute atomic E-state index is 2.44. The van der Waals surface area contributed by atoms with Crippen LogP contribution in [0.5, 0.6) is 0 Å². The van der Waals surface area contributed by atoms with Crippen LogP contribution < -0.4 is 9.75 Å². The molecule has 0 aliphatic heterocycles. The van der Waals surface area contributed by atoms with Gasteiger partial charge in [0.2, 0.25) is 5.69 Å². The highest BCUT2D eigenvalue weighted by molar-refractivity contribution is 6.88. The maximum Gasteiger partial charge on any atom is 0.220 e. The molecule has 0 N–H and O–H groups in total. The molecule has 2 aromatic carbocycles. The van der Waals surface area contributed by atoms with Crippen molar-refractivity contribution < 1.29 is 4.57 Å². The summed E-state index contributed by atoms with van der Waals surface area (Å²) < 4.78 is 2.37. The van der Waals surface area contributed by atoms with Gasteiger partial charge in [-0.2, -0.15) is 4.57 Å². The van der Waals surface area contributed by atoms with E-state index in [9.17, 15) is 0 Å². The quantitative estimate of drug-likeness (QED) is 0.368. The van der Waals surface area contributed by atoms with Gasteiger partial charge in [-0.3, -0.25) is 0 Å². The minimum Gasteiger partial charge on any atom is -0.198 e. The Hall–Kier alpha value is -1.93. The fraction of sp³-hybridized carbons (Fsp3) is 0.423. The largest absolute Gasteiger partial charge is 0.220 e. The Labute approximate surface area is 172 Å². The van der Waals surface area contributed by atoms with E-state index in [1.165, 1.54) is 49.6 Å². The molecule has 3 rings (SSSR count). The normalized spacial score (nSPS) is 12.6. The Morgan fingerprint density at radius 1 is 0.857 bits per heavy atom. The van der Waals surface area contributed by atoms with Crippen LogP contribution >= 0.6 is 0 Å². The number of hydrogen-bond acceptors (Lipinski definition) is 0. The first kappa shape index (κ1) is 20.8. The summed E-state index contributed by atoms with van der Waals surface area (Å²) in [7, 11) is 0.865. The van der Waals surface area contributed by atoms with Crippen LogP contribution in [0.15, 0.2) is 36.4 Å². The van der Waals surface area contributed by atoms with Crippen LogP contribution in [-0.2, 0) is 12.5 Å². The summed E-state index contributed by atoms with van der Waals surface area (Å²) in [6, 6.07) is 14.3. The Balaban J connectivity index is 2.41. The topological polar surface area (TPSA) is 3.88 Å². The molecule has 148 valence electrons. The lowest BCUT2D eigenvalue weighted by Gasteiger charge is -2.22. The zero-order valence-corrected chi connectivity index (χ0v) is 20.4. The first-order chi connectivity index (χ1) is 12.8. The van der Waals surface area contributed by atoms with Crippen molar-refractivity contribution in [3.8, 4) is 11.3 Å². The van der Waals surface area contributed by atoms with E-state index in [0.717, 1.165) is 0 Å². The first-order valence-electron chi connectivity index (χ1n) is 10.4. The van der Waals surface area contributed by atoms with Gasteiger partial charge in [0.1, 0.15) is 7.05 Å². The summed E-state index contributed by atoms with van der Waals surface area (Å²) in [5.74, 6) is 0. The van der Waals surface area contributed by atoms with E-state index in [1.54, 1.807) is 0 Å². The van der Waals surface area contributed by atoms with Crippen molar-refractivity contribution in [3.63, 3.8) is 0 Å². The van der Waals surface area contributed by atoms with Gasteiger partial charge < -0.3 is 0 Å². The highest BCUT2D eigenvalue weighted by Crippen LogP contribution is 2.34. The number of fused-ring (bicyclic) bond motifs is 1. The Morgan fingerprint density at radius 3 is 2.07 bits per heavy atom. The van der Waals surface area contributed by atoms with Crippen LogP contribution in [0.2, 0.25) is 19.6 Å². The zero-order chi connectivity index (χ0) is 21.0. The molecule has 0 aliphatic carbocycles. The number of hydrogen-bond donors (Lipinski definition) is 0. The van der Waals surface area contributed by atoms with E-state index in [2.05, 4.69) is 109 Å². The second-order valence-corrected chi connectivity index (χ2v) is 15.5. The van der Waals surface area contributed by atoms with Crippen molar-refractivity contribution in [2.24, 2.45) is 7.05 Å². The lowest BCUT2D eigenvalue weighted by molar-refractivity contribution is -0.665. The molecule has 0 radical (unpaired) electrons. The summed E-state index contributed by atoms with van der Waals surface area (Å²) in [6.07, 6.45) is 0. The van der Waals surface area contributed by atoms with Gasteiger partial charge in [-0.05, 0) is 53.5 Å². The van der Waals surface area contributed by atoms with E-state index < -0.39 is 8.07 Å². The highest BCUT2D eigenvalue weighted by Gasteiger charge is 2.25. The van der Waals surface area contributed by atoms with Crippen LogP contribution in [0.3, 0.4) is 0 Å². The van der Waals surface area contributed by atoms with Gasteiger partial charge in [-0.15, -0.1) is 0 Å². The standard InChI is InChI=1S/C26H36NSi/c1-17-13-21(26(4,5)6)16-24(19(17)3)25-23-12-11-22(28(8,9)10)15-20(23)14-18(2)27(25)7/h11-16H,1-10H3/q+1. The van der Waals surface area contributed by atoms with E-state index in [1.807, 2.05) is 0 Å². The molecule has 0 saturated carbocycles. The van der Waals surface area contributed by atoms with Gasteiger partial charge in [0.25, 0.3) is 0 Å². The lowest BCUT2D eigenvalue weighted by Crippen LogP contribution is -2.38. The summed E-state index contributed by atoms with van der Waals surface area (Å²) in [5.41, 5.74) is 8.29. The molecule has 0 saturated heterocycles. The second-order valence-electron chi connectivity index (χ2n) is 10.5. The number of benzene rings is 2. The van der Waals surface area contributed by atoms with E-state index in [-0.39, 0.29) is 5.41 Å². The Bertz CT molecular complexity index is 1060. The smallest absolute Gasteiger partial charge is 0.198 e. The predicted octanol–water partition coefficient (Wildman–Crippen LogP) is 6.10. The lowest BCUT2D eigenvalue weighted by atomic mass is 9.83. The number of rotatable bonds is 2. The highest BCUT2D eigenvalue weighted by atomic mass is 28.3. The van der Waals surface area contributed by atoms with Gasteiger partial charge >= 0.3 is 0 Å². The van der Waals surface area contributed by atoms with Gasteiger partial charge in [-0.25, -0.2) is 0 Å². The second kappa shape index (κ2) is 6.84. The van der Waals surface area contributed by atoms with E-state index >= 15 is 0 Å². The van der Waals surface area contributed by atoms with Gasteiger partial charge in [-0.1, -0.05) is 63.8 Å². The molecule has 1 aromatic heterocycles. The molecule has 3 aromatic rings. The Kier molecular flexibility index (Phi) is 5.08. The molecule has 0 atom stereocenters. The third-order valence-corrected chi connectivity index (χ3v) is 8.23. The zero-order valence-electron chi connectivity index (χ0n) is 19.4. The molecule has 0 unspecified atom stereocenters. The number of aromatic nitrogens is 1. The van der Waals surface area contributed by atoms with Crippen LogP contribution in [0.1, 0.15) is 43.2 Å². The molecular weight excluding hydrogens is 354 g/mol. The molecule has 1 heterocycles. The monoisotopic (exact) mass is 390 g/mol. The van der Waals surface area contributed by atoms with Crippen molar-refractivity contribution in [2.45, 2.75) is 66.6 Å². The number of nitrogens with zero attached hydrogens (tertiary/aromatic N) is 1. The third-order valence-electron chi connectivity index (χ3n) is 6.19. The number of aryl methyl sites for hydroxylation is 2. The molecular formula is C26H36NSi+. The average molecular weight is 391 g/mol. The average Bonchev–Trinajstić information content (AvgIpc) is 2.56. The SMILES string of the molecule is Cc1cc(C(C)(C)C)cc(-c2c3ccc([Si](C)(C)C)cc3cc(C)[n+]2C)c1C. The fourth-order valence-corrected chi connectivity index (χ4v) is 5.08. The molecule has 0 aliphatic rings. The molecule has 0 bridgehead atoms. The van der Waals surface area contributed by atoms with Crippen molar-refractivity contribution >= 4 is 24.0 Å². The van der Waals surface area contributed by atoms with Crippen LogP contribution in [0.4, 0.5) is 0 Å². The van der Waals surface area contributed by atoms with Crippen molar-refractivity contribution in [1.82, 2.24) is 0 Å². The first-order valence-corrected chi connectivity index (χ1v) is 13.9. The summed E-state index contributed by atoms with van der Waals surface area (Å²) in [6.45, 7) is 20.9. The van der Waals surface area contributed by atoms with Crippen molar-refractivity contribution in [3.05, 3.63) is 58.8 Å². The third kappa shape index (κ3) is 3.67. The summed E-state index contributed by atoms with van der Waals surface area (Å²) in [4.78, 5) is 0. The predicted molar refractivity (Wildman–Crippen MR) is 126 cm³/mol. The number of pyridine rings is 1.